The molecule has 0 spiro atoms. The molecule has 7 nitrogen and oxygen atoms in total. The van der Waals surface area contributed by atoms with Gasteiger partial charge in [0.15, 0.2) is 5.82 Å². The number of pyridine rings is 1. The van der Waals surface area contributed by atoms with Crippen LogP contribution in [0.5, 0.6) is 5.75 Å². The number of nitrogens with zero attached hydrogens (tertiary/aromatic N) is 5. The van der Waals surface area contributed by atoms with Crippen LogP contribution in [0.2, 0.25) is 0 Å². The number of rotatable bonds is 4. The highest BCUT2D eigenvalue weighted by molar-refractivity contribution is 5.92. The van der Waals surface area contributed by atoms with Crippen molar-refractivity contribution < 1.29 is 9.13 Å². The number of benzene rings is 2. The molecule has 1 aliphatic heterocycles. The van der Waals surface area contributed by atoms with Gasteiger partial charge in [-0.2, -0.15) is 10.4 Å². The molecule has 0 unspecified atom stereocenters. The minimum atomic E-state index is -0.383. The molecule has 160 valence electrons. The zero-order valence-corrected chi connectivity index (χ0v) is 17.5. The lowest BCUT2D eigenvalue weighted by Crippen LogP contribution is -2.47. The van der Waals surface area contributed by atoms with E-state index in [1.165, 1.54) is 13.2 Å². The maximum Gasteiger partial charge on any atom is 0.158 e. The molecule has 0 amide bonds. The minimum Gasteiger partial charge on any atom is -0.496 e. The number of fused-ring (bicyclic) bond motifs is 1. The molecule has 3 heterocycles. The van der Waals surface area contributed by atoms with Crippen molar-refractivity contribution in [3.05, 3.63) is 66.1 Å². The quantitative estimate of drug-likeness (QED) is 0.530. The number of methoxy groups -OCH3 is 1. The van der Waals surface area contributed by atoms with Gasteiger partial charge in [0.2, 0.25) is 0 Å². The van der Waals surface area contributed by atoms with Crippen molar-refractivity contribution in [1.82, 2.24) is 15.2 Å². The normalized spacial score (nSPS) is 13.9. The Kier molecular flexibility index (Phi) is 5.07. The van der Waals surface area contributed by atoms with Gasteiger partial charge in [0, 0.05) is 31.6 Å². The first kappa shape index (κ1) is 19.8. The fourth-order valence-electron chi connectivity index (χ4n) is 4.21. The van der Waals surface area contributed by atoms with Crippen LogP contribution in [0.15, 0.2) is 54.7 Å². The number of aromatic nitrogens is 3. The molecular weight excluding hydrogens is 407 g/mol. The summed E-state index contributed by atoms with van der Waals surface area (Å²) >= 11 is 0. The number of H-pyrrole nitrogens is 1. The SMILES string of the molecule is COc1cccc(F)c1-c1cc2c(N3CCN(c4ccccc4C#N)CC3)n[nH]c2cn1. The minimum absolute atomic E-state index is 0.335. The van der Waals surface area contributed by atoms with E-state index >= 15 is 0 Å². The van der Waals surface area contributed by atoms with Gasteiger partial charge in [-0.25, -0.2) is 4.39 Å². The van der Waals surface area contributed by atoms with Crippen molar-refractivity contribution in [3.8, 4) is 23.1 Å². The van der Waals surface area contributed by atoms with Crippen molar-refractivity contribution in [2.75, 3.05) is 43.1 Å². The molecule has 0 saturated carbocycles. The van der Waals surface area contributed by atoms with E-state index in [9.17, 15) is 9.65 Å². The molecule has 1 aliphatic rings. The van der Waals surface area contributed by atoms with E-state index in [0.29, 0.717) is 22.6 Å². The molecule has 2 aromatic heterocycles. The zero-order valence-electron chi connectivity index (χ0n) is 17.5. The van der Waals surface area contributed by atoms with Crippen LogP contribution in [-0.4, -0.2) is 48.5 Å². The summed E-state index contributed by atoms with van der Waals surface area (Å²) in [6.07, 6.45) is 1.67. The number of nitrogens with one attached hydrogen (secondary N) is 1. The van der Waals surface area contributed by atoms with Gasteiger partial charge in [-0.05, 0) is 30.3 Å². The first-order valence-corrected chi connectivity index (χ1v) is 10.4. The van der Waals surface area contributed by atoms with Crippen LogP contribution in [-0.2, 0) is 0 Å². The molecule has 1 N–H and O–H groups in total. The Balaban J connectivity index is 1.44. The molecule has 32 heavy (non-hydrogen) atoms. The molecular formula is C24H21FN6O. The molecule has 1 saturated heterocycles. The predicted octanol–water partition coefficient (Wildman–Crippen LogP) is 3.97. The molecule has 0 aliphatic carbocycles. The third-order valence-electron chi connectivity index (χ3n) is 5.82. The van der Waals surface area contributed by atoms with Gasteiger partial charge < -0.3 is 14.5 Å². The average Bonchev–Trinajstić information content (AvgIpc) is 3.27. The van der Waals surface area contributed by atoms with Crippen LogP contribution in [0.3, 0.4) is 0 Å². The molecule has 5 rings (SSSR count). The molecule has 4 aromatic rings. The number of hydrogen-bond acceptors (Lipinski definition) is 6. The van der Waals surface area contributed by atoms with Crippen LogP contribution >= 0.6 is 0 Å². The Bertz CT molecular complexity index is 1320. The fraction of sp³-hybridized carbons (Fsp3) is 0.208. The standard InChI is InChI=1S/C24H21FN6O/c1-32-22-8-4-6-18(25)23(22)19-13-17-20(15-27-19)28-29-24(17)31-11-9-30(10-12-31)21-7-3-2-5-16(21)14-26/h2-8,13,15H,9-12H2,1H3,(H,28,29). The monoisotopic (exact) mass is 428 g/mol. The van der Waals surface area contributed by atoms with Crippen molar-refractivity contribution in [1.29, 1.82) is 5.26 Å². The predicted molar refractivity (Wildman–Crippen MR) is 121 cm³/mol. The number of ether oxygens (including phenoxy) is 1. The lowest BCUT2D eigenvalue weighted by molar-refractivity contribution is 0.413. The summed E-state index contributed by atoms with van der Waals surface area (Å²) in [5.41, 5.74) is 3.26. The van der Waals surface area contributed by atoms with E-state index in [-0.39, 0.29) is 5.82 Å². The van der Waals surface area contributed by atoms with Crippen molar-refractivity contribution in [2.45, 2.75) is 0 Å². The van der Waals surface area contributed by atoms with E-state index in [4.69, 9.17) is 4.74 Å². The smallest absolute Gasteiger partial charge is 0.158 e. The van der Waals surface area contributed by atoms with Crippen LogP contribution in [0.1, 0.15) is 5.56 Å². The van der Waals surface area contributed by atoms with Crippen LogP contribution in [0.25, 0.3) is 22.2 Å². The zero-order chi connectivity index (χ0) is 22.1. The lowest BCUT2D eigenvalue weighted by atomic mass is 10.1. The Morgan fingerprint density at radius 3 is 2.62 bits per heavy atom. The van der Waals surface area contributed by atoms with Crippen molar-refractivity contribution in [3.63, 3.8) is 0 Å². The molecule has 0 atom stereocenters. The van der Waals surface area contributed by atoms with E-state index in [2.05, 4.69) is 31.1 Å². The van der Waals surface area contributed by atoms with Gasteiger partial charge in [-0.15, -0.1) is 0 Å². The van der Waals surface area contributed by atoms with Crippen LogP contribution in [0.4, 0.5) is 15.9 Å². The van der Waals surface area contributed by atoms with Gasteiger partial charge in [-0.3, -0.25) is 10.1 Å². The van der Waals surface area contributed by atoms with Gasteiger partial charge in [0.25, 0.3) is 0 Å². The first-order valence-electron chi connectivity index (χ1n) is 10.4. The number of aromatic amines is 1. The maximum atomic E-state index is 14.6. The van der Waals surface area contributed by atoms with Crippen LogP contribution in [0, 0.1) is 17.1 Å². The Hall–Kier alpha value is -4.12. The summed E-state index contributed by atoms with van der Waals surface area (Å²) in [5.74, 6) is 0.866. The second-order valence-corrected chi connectivity index (χ2v) is 7.58. The number of hydrogen-bond donors (Lipinski definition) is 1. The molecule has 1 fully saturated rings. The molecule has 0 bridgehead atoms. The Morgan fingerprint density at radius 2 is 1.84 bits per heavy atom. The third-order valence-corrected chi connectivity index (χ3v) is 5.82. The fourth-order valence-corrected chi connectivity index (χ4v) is 4.21. The highest BCUT2D eigenvalue weighted by atomic mass is 19.1. The van der Waals surface area contributed by atoms with Gasteiger partial charge >= 0.3 is 0 Å². The summed E-state index contributed by atoms with van der Waals surface area (Å²) in [7, 11) is 1.52. The van der Waals surface area contributed by atoms with Gasteiger partial charge in [0.05, 0.1) is 41.3 Å². The van der Waals surface area contributed by atoms with E-state index in [0.717, 1.165) is 48.6 Å². The number of nitriles is 1. The molecule has 2 aromatic carbocycles. The number of piperazine rings is 1. The van der Waals surface area contributed by atoms with Gasteiger partial charge in [-0.1, -0.05) is 18.2 Å². The lowest BCUT2D eigenvalue weighted by Gasteiger charge is -2.36. The summed E-state index contributed by atoms with van der Waals surface area (Å²) < 4.78 is 19.9. The van der Waals surface area contributed by atoms with Gasteiger partial charge in [0.1, 0.15) is 17.6 Å². The van der Waals surface area contributed by atoms with E-state index in [1.807, 2.05) is 30.3 Å². The third kappa shape index (κ3) is 3.38. The van der Waals surface area contributed by atoms with Crippen molar-refractivity contribution in [2.24, 2.45) is 0 Å². The Labute approximate surface area is 184 Å². The highest BCUT2D eigenvalue weighted by Crippen LogP contribution is 2.34. The Morgan fingerprint density at radius 1 is 1.06 bits per heavy atom. The summed E-state index contributed by atoms with van der Waals surface area (Å²) in [6.45, 7) is 3.04. The molecule has 8 heteroatoms. The second kappa shape index (κ2) is 8.19. The average molecular weight is 428 g/mol. The van der Waals surface area contributed by atoms with Crippen LogP contribution < -0.4 is 14.5 Å². The molecule has 0 radical (unpaired) electrons. The summed E-state index contributed by atoms with van der Waals surface area (Å²) in [4.78, 5) is 8.85. The summed E-state index contributed by atoms with van der Waals surface area (Å²) in [5, 5.41) is 17.8. The van der Waals surface area contributed by atoms with E-state index < -0.39 is 0 Å². The van der Waals surface area contributed by atoms with E-state index in [1.54, 1.807) is 18.3 Å². The number of para-hydroxylation sites is 1. The van der Waals surface area contributed by atoms with Crippen molar-refractivity contribution >= 4 is 22.4 Å². The number of anilines is 2. The largest absolute Gasteiger partial charge is 0.496 e. The topological polar surface area (TPSA) is 81.1 Å². The highest BCUT2D eigenvalue weighted by Gasteiger charge is 2.23. The maximum absolute atomic E-state index is 14.6. The first-order chi connectivity index (χ1) is 15.7. The second-order valence-electron chi connectivity index (χ2n) is 7.58. The summed E-state index contributed by atoms with van der Waals surface area (Å²) in [6, 6.07) is 16.5. The number of halogens is 1.